The van der Waals surface area contributed by atoms with E-state index < -0.39 is 6.10 Å². The molecule has 1 aliphatic heterocycles. The number of nitrogens with zero attached hydrogens (tertiary/aromatic N) is 2. The lowest BCUT2D eigenvalue weighted by atomic mass is 9.97. The van der Waals surface area contributed by atoms with Crippen LogP contribution in [0.25, 0.3) is 0 Å². The van der Waals surface area contributed by atoms with Crippen LogP contribution in [0.15, 0.2) is 34.9 Å². The topological polar surface area (TPSA) is 68.4 Å². The van der Waals surface area contributed by atoms with E-state index in [4.69, 9.17) is 9.26 Å². The highest BCUT2D eigenvalue weighted by atomic mass is 16.5. The van der Waals surface area contributed by atoms with Gasteiger partial charge in [0.1, 0.15) is 0 Å². The minimum Gasteiger partial charge on any atom is -0.388 e. The van der Waals surface area contributed by atoms with E-state index in [1.807, 2.05) is 37.3 Å². The first-order chi connectivity index (χ1) is 10.3. The molecule has 5 nitrogen and oxygen atoms in total. The van der Waals surface area contributed by atoms with Crippen molar-refractivity contribution in [2.75, 3.05) is 13.2 Å². The lowest BCUT2D eigenvalue weighted by molar-refractivity contribution is 0.0830. The molecular formula is C16H20N2O3. The number of aliphatic hydroxyl groups is 1. The van der Waals surface area contributed by atoms with E-state index in [-0.39, 0.29) is 5.92 Å². The van der Waals surface area contributed by atoms with Gasteiger partial charge in [-0.15, -0.1) is 0 Å². The van der Waals surface area contributed by atoms with Crippen LogP contribution in [0.5, 0.6) is 0 Å². The normalized spacial score (nSPS) is 19.3. The molecule has 1 fully saturated rings. The van der Waals surface area contributed by atoms with E-state index in [0.717, 1.165) is 37.4 Å². The van der Waals surface area contributed by atoms with Gasteiger partial charge >= 0.3 is 0 Å². The number of benzene rings is 1. The molecule has 2 unspecified atom stereocenters. The fourth-order valence-corrected chi connectivity index (χ4v) is 2.63. The van der Waals surface area contributed by atoms with Crippen molar-refractivity contribution in [1.29, 1.82) is 0 Å². The van der Waals surface area contributed by atoms with Crippen LogP contribution in [0.4, 0.5) is 0 Å². The lowest BCUT2D eigenvalue weighted by Gasteiger charge is -2.18. The quantitative estimate of drug-likeness (QED) is 0.937. The fourth-order valence-electron chi connectivity index (χ4n) is 2.63. The van der Waals surface area contributed by atoms with Gasteiger partial charge in [-0.25, -0.2) is 0 Å². The number of rotatable bonds is 4. The third-order valence-electron chi connectivity index (χ3n) is 4.05. The molecule has 1 aromatic heterocycles. The van der Waals surface area contributed by atoms with Crippen LogP contribution in [0.3, 0.4) is 0 Å². The molecule has 2 atom stereocenters. The van der Waals surface area contributed by atoms with Crippen molar-refractivity contribution in [2.45, 2.75) is 37.7 Å². The van der Waals surface area contributed by atoms with Crippen LogP contribution >= 0.6 is 0 Å². The second kappa shape index (κ2) is 6.37. The molecule has 1 aliphatic rings. The first-order valence-electron chi connectivity index (χ1n) is 7.40. The molecule has 2 aromatic rings. The predicted molar refractivity (Wildman–Crippen MR) is 76.9 cm³/mol. The maximum Gasteiger partial charge on any atom is 0.232 e. The maximum absolute atomic E-state index is 10.4. The summed E-state index contributed by atoms with van der Waals surface area (Å²) in [6.07, 6.45) is 1.21. The van der Waals surface area contributed by atoms with Crippen LogP contribution in [-0.2, 0) is 4.74 Å². The molecule has 0 amide bonds. The zero-order valence-corrected chi connectivity index (χ0v) is 12.1. The average molecular weight is 288 g/mol. The Bertz CT molecular complexity index is 564. The molecule has 1 N–H and O–H groups in total. The maximum atomic E-state index is 10.4. The summed E-state index contributed by atoms with van der Waals surface area (Å²) in [6, 6.07) is 9.55. The van der Waals surface area contributed by atoms with Crippen molar-refractivity contribution >= 4 is 0 Å². The van der Waals surface area contributed by atoms with E-state index in [0.29, 0.717) is 11.8 Å². The Kier molecular flexibility index (Phi) is 4.31. The lowest BCUT2D eigenvalue weighted by Crippen LogP contribution is -2.15. The van der Waals surface area contributed by atoms with Gasteiger partial charge in [0.05, 0.1) is 12.0 Å². The summed E-state index contributed by atoms with van der Waals surface area (Å²) >= 11 is 0. The van der Waals surface area contributed by atoms with Crippen LogP contribution in [0.2, 0.25) is 0 Å². The van der Waals surface area contributed by atoms with E-state index in [1.165, 1.54) is 0 Å². The Hall–Kier alpha value is -1.72. The average Bonchev–Trinajstić information content (AvgIpc) is 3.05. The minimum atomic E-state index is -0.644. The van der Waals surface area contributed by atoms with Gasteiger partial charge in [-0.05, 0) is 18.4 Å². The molecule has 3 rings (SSSR count). The Morgan fingerprint density at radius 1 is 1.19 bits per heavy atom. The summed E-state index contributed by atoms with van der Waals surface area (Å²) < 4.78 is 10.7. The molecule has 1 saturated heterocycles. The molecule has 5 heteroatoms. The van der Waals surface area contributed by atoms with E-state index in [1.54, 1.807) is 0 Å². The summed E-state index contributed by atoms with van der Waals surface area (Å²) in [5.74, 6) is 1.30. The van der Waals surface area contributed by atoms with Crippen molar-refractivity contribution in [3.05, 3.63) is 47.6 Å². The third-order valence-corrected chi connectivity index (χ3v) is 4.05. The van der Waals surface area contributed by atoms with Gasteiger partial charge in [-0.3, -0.25) is 0 Å². The van der Waals surface area contributed by atoms with Gasteiger partial charge in [0.25, 0.3) is 0 Å². The first kappa shape index (κ1) is 14.2. The van der Waals surface area contributed by atoms with Crippen LogP contribution < -0.4 is 0 Å². The Morgan fingerprint density at radius 2 is 1.90 bits per heavy atom. The number of aromatic nitrogens is 2. The van der Waals surface area contributed by atoms with E-state index >= 15 is 0 Å². The van der Waals surface area contributed by atoms with E-state index in [2.05, 4.69) is 10.1 Å². The minimum absolute atomic E-state index is 0.228. The zero-order chi connectivity index (χ0) is 14.7. The summed E-state index contributed by atoms with van der Waals surface area (Å²) in [5.41, 5.74) is 0.857. The molecular weight excluding hydrogens is 268 g/mol. The molecule has 0 saturated carbocycles. The van der Waals surface area contributed by atoms with Crippen molar-refractivity contribution in [3.8, 4) is 0 Å². The number of hydrogen-bond donors (Lipinski definition) is 1. The molecule has 21 heavy (non-hydrogen) atoms. The van der Waals surface area contributed by atoms with Gasteiger partial charge in [0, 0.05) is 19.1 Å². The SMILES string of the molecule is CC(c1nc(C2CCOCC2)no1)C(O)c1ccccc1. The molecule has 2 heterocycles. The fraction of sp³-hybridized carbons (Fsp3) is 0.500. The molecule has 112 valence electrons. The van der Waals surface area contributed by atoms with Crippen molar-refractivity contribution < 1.29 is 14.4 Å². The Labute approximate surface area is 123 Å². The number of aliphatic hydroxyl groups excluding tert-OH is 1. The third kappa shape index (κ3) is 3.14. The summed E-state index contributed by atoms with van der Waals surface area (Å²) in [7, 11) is 0. The Balaban J connectivity index is 1.73. The van der Waals surface area contributed by atoms with Crippen LogP contribution in [0.1, 0.15) is 55.0 Å². The van der Waals surface area contributed by atoms with Crippen molar-refractivity contribution in [3.63, 3.8) is 0 Å². The highest BCUT2D eigenvalue weighted by Crippen LogP contribution is 2.31. The molecule has 0 aliphatic carbocycles. The van der Waals surface area contributed by atoms with Crippen molar-refractivity contribution in [2.24, 2.45) is 0 Å². The van der Waals surface area contributed by atoms with E-state index in [9.17, 15) is 5.11 Å². The van der Waals surface area contributed by atoms with Gasteiger partial charge in [0.2, 0.25) is 5.89 Å². The molecule has 0 bridgehead atoms. The van der Waals surface area contributed by atoms with Crippen LogP contribution in [-0.4, -0.2) is 28.5 Å². The largest absolute Gasteiger partial charge is 0.388 e. The second-order valence-corrected chi connectivity index (χ2v) is 5.52. The van der Waals surface area contributed by atoms with Crippen LogP contribution in [0, 0.1) is 0 Å². The Morgan fingerprint density at radius 3 is 2.62 bits per heavy atom. The molecule has 0 spiro atoms. The monoisotopic (exact) mass is 288 g/mol. The second-order valence-electron chi connectivity index (χ2n) is 5.52. The zero-order valence-electron chi connectivity index (χ0n) is 12.1. The van der Waals surface area contributed by atoms with Crippen molar-refractivity contribution in [1.82, 2.24) is 10.1 Å². The van der Waals surface area contributed by atoms with Gasteiger partial charge < -0.3 is 14.4 Å². The number of hydrogen-bond acceptors (Lipinski definition) is 5. The highest BCUT2D eigenvalue weighted by Gasteiger charge is 2.26. The standard InChI is InChI=1S/C16H20N2O3/c1-11(14(19)12-5-3-2-4-6-12)16-17-15(18-21-16)13-7-9-20-10-8-13/h2-6,11,13-14,19H,7-10H2,1H3. The summed E-state index contributed by atoms with van der Waals surface area (Å²) in [6.45, 7) is 3.40. The summed E-state index contributed by atoms with van der Waals surface area (Å²) in [5, 5.41) is 14.5. The highest BCUT2D eigenvalue weighted by molar-refractivity contribution is 5.20. The molecule has 1 aromatic carbocycles. The predicted octanol–water partition coefficient (Wildman–Crippen LogP) is 2.80. The first-order valence-corrected chi connectivity index (χ1v) is 7.40. The summed E-state index contributed by atoms with van der Waals surface area (Å²) in [4.78, 5) is 4.49. The molecule has 0 radical (unpaired) electrons. The smallest absolute Gasteiger partial charge is 0.232 e. The number of ether oxygens (including phenoxy) is 1. The van der Waals surface area contributed by atoms with Gasteiger partial charge in [-0.1, -0.05) is 42.4 Å². The van der Waals surface area contributed by atoms with Gasteiger partial charge in [0.15, 0.2) is 5.82 Å². The van der Waals surface area contributed by atoms with Gasteiger partial charge in [-0.2, -0.15) is 4.98 Å².